The highest BCUT2D eigenvalue weighted by atomic mass is 79.9. The Morgan fingerprint density at radius 1 is 1.31 bits per heavy atom. The van der Waals surface area contributed by atoms with E-state index in [1.807, 2.05) is 0 Å². The van der Waals surface area contributed by atoms with E-state index in [9.17, 15) is 4.39 Å². The molecule has 0 fully saturated rings. The minimum Gasteiger partial charge on any atom is -0.370 e. The zero-order chi connectivity index (χ0) is 12.3. The molecule has 0 amide bonds. The van der Waals surface area contributed by atoms with E-state index in [0.29, 0.717) is 15.7 Å². The summed E-state index contributed by atoms with van der Waals surface area (Å²) in [6, 6.07) is 2.84. The van der Waals surface area contributed by atoms with Crippen LogP contribution in [0.2, 0.25) is 0 Å². The van der Waals surface area contributed by atoms with Gasteiger partial charge >= 0.3 is 0 Å². The number of guanidine groups is 2. The third-order valence-electron chi connectivity index (χ3n) is 1.71. The van der Waals surface area contributed by atoms with Crippen molar-refractivity contribution in [1.82, 2.24) is 0 Å². The number of aliphatic imine (C=N–C) groups is 2. The second kappa shape index (κ2) is 4.93. The van der Waals surface area contributed by atoms with Gasteiger partial charge in [0.25, 0.3) is 0 Å². The minimum atomic E-state index is -0.376. The summed E-state index contributed by atoms with van der Waals surface area (Å²) in [4.78, 5) is 7.38. The van der Waals surface area contributed by atoms with Gasteiger partial charge in [0.2, 0.25) is 5.96 Å². The predicted molar refractivity (Wildman–Crippen MR) is 65.9 cm³/mol. The molecule has 0 aromatic heterocycles. The number of nitrogens with two attached hydrogens (primary N) is 3. The molecule has 0 unspecified atom stereocenters. The topological polar surface area (TPSA) is 103 Å². The van der Waals surface area contributed by atoms with Gasteiger partial charge in [-0.15, -0.1) is 0 Å². The molecule has 0 saturated heterocycles. The fourth-order valence-corrected chi connectivity index (χ4v) is 1.55. The van der Waals surface area contributed by atoms with Crippen LogP contribution in [0.25, 0.3) is 0 Å². The lowest BCUT2D eigenvalue weighted by atomic mass is 10.2. The normalized spacial score (nSPS) is 11.3. The van der Waals surface area contributed by atoms with E-state index in [1.54, 1.807) is 13.0 Å². The Hall–Kier alpha value is -1.63. The van der Waals surface area contributed by atoms with Gasteiger partial charge in [0, 0.05) is 10.5 Å². The monoisotopic (exact) mass is 287 g/mol. The van der Waals surface area contributed by atoms with Crippen LogP contribution in [0, 0.1) is 12.7 Å². The van der Waals surface area contributed by atoms with Crippen molar-refractivity contribution in [1.29, 1.82) is 0 Å². The molecule has 16 heavy (non-hydrogen) atoms. The van der Waals surface area contributed by atoms with Crippen LogP contribution in [0.4, 0.5) is 10.1 Å². The summed E-state index contributed by atoms with van der Waals surface area (Å²) < 4.78 is 13.9. The van der Waals surface area contributed by atoms with Crippen molar-refractivity contribution in [3.63, 3.8) is 0 Å². The summed E-state index contributed by atoms with van der Waals surface area (Å²) in [7, 11) is 0. The maximum Gasteiger partial charge on any atom is 0.223 e. The lowest BCUT2D eigenvalue weighted by Crippen LogP contribution is -2.26. The molecular weight excluding hydrogens is 277 g/mol. The lowest BCUT2D eigenvalue weighted by molar-refractivity contribution is 0.618. The van der Waals surface area contributed by atoms with E-state index in [1.165, 1.54) is 6.07 Å². The molecule has 6 N–H and O–H groups in total. The summed E-state index contributed by atoms with van der Waals surface area (Å²) in [5.74, 6) is -0.714. The van der Waals surface area contributed by atoms with Crippen molar-refractivity contribution in [3.8, 4) is 0 Å². The first kappa shape index (κ1) is 12.4. The van der Waals surface area contributed by atoms with Gasteiger partial charge in [-0.2, -0.15) is 4.99 Å². The molecule has 0 aliphatic rings. The van der Waals surface area contributed by atoms with Gasteiger partial charge in [0.15, 0.2) is 5.96 Å². The quantitative estimate of drug-likeness (QED) is 0.533. The van der Waals surface area contributed by atoms with E-state index in [2.05, 4.69) is 25.9 Å². The molecule has 0 heterocycles. The van der Waals surface area contributed by atoms with Crippen LogP contribution in [0.15, 0.2) is 26.6 Å². The number of halogens is 2. The van der Waals surface area contributed by atoms with Crippen LogP contribution in [-0.2, 0) is 0 Å². The van der Waals surface area contributed by atoms with E-state index in [0.717, 1.165) is 0 Å². The second-order valence-corrected chi connectivity index (χ2v) is 3.91. The fourth-order valence-electron chi connectivity index (χ4n) is 1.00. The van der Waals surface area contributed by atoms with Gasteiger partial charge in [0.1, 0.15) is 5.82 Å². The highest BCUT2D eigenvalue weighted by Crippen LogP contribution is 2.28. The Labute approximate surface area is 100 Å². The number of hydrogen-bond donors (Lipinski definition) is 3. The molecule has 1 rings (SSSR count). The third kappa shape index (κ3) is 3.20. The van der Waals surface area contributed by atoms with E-state index in [-0.39, 0.29) is 17.7 Å². The van der Waals surface area contributed by atoms with E-state index >= 15 is 0 Å². The average molecular weight is 288 g/mol. The van der Waals surface area contributed by atoms with Gasteiger partial charge in [-0.1, -0.05) is 0 Å². The first-order chi connectivity index (χ1) is 7.40. The van der Waals surface area contributed by atoms with Gasteiger partial charge in [0.05, 0.1) is 5.69 Å². The molecule has 1 aromatic carbocycles. The maximum absolute atomic E-state index is 13.3. The van der Waals surface area contributed by atoms with Crippen molar-refractivity contribution in [2.24, 2.45) is 27.2 Å². The second-order valence-electron chi connectivity index (χ2n) is 3.06. The largest absolute Gasteiger partial charge is 0.370 e. The van der Waals surface area contributed by atoms with Gasteiger partial charge in [-0.05, 0) is 34.5 Å². The Kier molecular flexibility index (Phi) is 3.83. The van der Waals surface area contributed by atoms with Gasteiger partial charge < -0.3 is 17.2 Å². The minimum absolute atomic E-state index is 0.135. The van der Waals surface area contributed by atoms with Gasteiger partial charge in [-0.3, -0.25) is 0 Å². The number of nitrogens with zero attached hydrogens (tertiary/aromatic N) is 2. The molecule has 0 atom stereocenters. The Morgan fingerprint density at radius 2 is 1.94 bits per heavy atom. The third-order valence-corrected chi connectivity index (χ3v) is 2.34. The lowest BCUT2D eigenvalue weighted by Gasteiger charge is -2.02. The van der Waals surface area contributed by atoms with Crippen LogP contribution in [-0.4, -0.2) is 11.9 Å². The van der Waals surface area contributed by atoms with E-state index < -0.39 is 0 Å². The molecule has 86 valence electrons. The molecule has 0 aliphatic heterocycles. The van der Waals surface area contributed by atoms with Crippen LogP contribution >= 0.6 is 15.9 Å². The molecule has 1 aromatic rings. The number of benzene rings is 1. The van der Waals surface area contributed by atoms with Crippen LogP contribution in [0.5, 0.6) is 0 Å². The number of hydrogen-bond acceptors (Lipinski definition) is 1. The molecule has 0 radical (unpaired) electrons. The zero-order valence-corrected chi connectivity index (χ0v) is 10.1. The average Bonchev–Trinajstić information content (AvgIpc) is 2.12. The summed E-state index contributed by atoms with van der Waals surface area (Å²) in [5, 5.41) is 0. The molecule has 0 saturated carbocycles. The Bertz CT molecular complexity index is 465. The number of rotatable bonds is 1. The molecular formula is C9H11BrFN5. The Morgan fingerprint density at radius 3 is 2.50 bits per heavy atom. The summed E-state index contributed by atoms with van der Waals surface area (Å²) in [5.41, 5.74) is 16.5. The highest BCUT2D eigenvalue weighted by molar-refractivity contribution is 9.10. The maximum atomic E-state index is 13.3. The van der Waals surface area contributed by atoms with Crippen molar-refractivity contribution in [2.75, 3.05) is 0 Å². The molecule has 5 nitrogen and oxygen atoms in total. The first-order valence-electron chi connectivity index (χ1n) is 4.29. The Balaban J connectivity index is 3.15. The zero-order valence-electron chi connectivity index (χ0n) is 8.54. The number of aryl methyl sites for hydroxylation is 1. The highest BCUT2D eigenvalue weighted by Gasteiger charge is 2.05. The van der Waals surface area contributed by atoms with Crippen LogP contribution in [0.1, 0.15) is 5.56 Å². The standard InChI is InChI=1S/C9H11BrFN5/c1-4-2-5(10)7(3-6(4)11)15-9(14)16-8(12)13/h2-3H,1H3,(H6,12,13,14,15,16). The van der Waals surface area contributed by atoms with Gasteiger partial charge in [-0.25, -0.2) is 9.38 Å². The predicted octanol–water partition coefficient (Wildman–Crippen LogP) is 1.12. The van der Waals surface area contributed by atoms with Crippen molar-refractivity contribution >= 4 is 33.5 Å². The molecule has 0 aliphatic carbocycles. The van der Waals surface area contributed by atoms with Crippen LogP contribution < -0.4 is 17.2 Å². The SMILES string of the molecule is Cc1cc(Br)c(N=C(N)N=C(N)N)cc1F. The van der Waals surface area contributed by atoms with Crippen LogP contribution in [0.3, 0.4) is 0 Å². The fraction of sp³-hybridized carbons (Fsp3) is 0.111. The smallest absolute Gasteiger partial charge is 0.223 e. The van der Waals surface area contributed by atoms with Crippen molar-refractivity contribution < 1.29 is 4.39 Å². The summed E-state index contributed by atoms with van der Waals surface area (Å²) >= 11 is 3.24. The van der Waals surface area contributed by atoms with E-state index in [4.69, 9.17) is 17.2 Å². The van der Waals surface area contributed by atoms with Crippen molar-refractivity contribution in [2.45, 2.75) is 6.92 Å². The molecule has 0 spiro atoms. The molecule has 0 bridgehead atoms. The first-order valence-corrected chi connectivity index (χ1v) is 5.09. The summed E-state index contributed by atoms with van der Waals surface area (Å²) in [6.45, 7) is 1.65. The summed E-state index contributed by atoms with van der Waals surface area (Å²) in [6.07, 6.45) is 0. The van der Waals surface area contributed by atoms with Crippen molar-refractivity contribution in [3.05, 3.63) is 28.0 Å². The molecule has 7 heteroatoms.